The molecule has 92 valence electrons. The van der Waals surface area contributed by atoms with Crippen LogP contribution in [0.3, 0.4) is 0 Å². The van der Waals surface area contributed by atoms with Gasteiger partial charge in [-0.3, -0.25) is 0 Å². The summed E-state index contributed by atoms with van der Waals surface area (Å²) in [6, 6.07) is 8.58. The van der Waals surface area contributed by atoms with Crippen molar-refractivity contribution in [3.8, 4) is 0 Å². The van der Waals surface area contributed by atoms with Crippen molar-refractivity contribution >= 4 is 19.3 Å². The number of benzene rings is 1. The van der Waals surface area contributed by atoms with Crippen LogP contribution >= 0.6 is 8.03 Å². The summed E-state index contributed by atoms with van der Waals surface area (Å²) in [7, 11) is -0.793. The molecule has 1 rings (SSSR count). The summed E-state index contributed by atoms with van der Waals surface area (Å²) in [5, 5.41) is 9.44. The fourth-order valence-electron chi connectivity index (χ4n) is 1.01. The number of aliphatic carboxylic acids is 1. The van der Waals surface area contributed by atoms with Crippen molar-refractivity contribution < 1.29 is 23.7 Å². The SMILES string of the molecule is COC(C)(CO[P+](=O)c1ccccc1)C(=O)O. The van der Waals surface area contributed by atoms with Crippen LogP contribution in [0.15, 0.2) is 30.3 Å². The van der Waals surface area contributed by atoms with Gasteiger partial charge in [-0.15, -0.1) is 4.52 Å². The van der Waals surface area contributed by atoms with Crippen molar-refractivity contribution in [2.75, 3.05) is 13.7 Å². The summed E-state index contributed by atoms with van der Waals surface area (Å²) in [6.45, 7) is 1.09. The van der Waals surface area contributed by atoms with E-state index in [9.17, 15) is 9.36 Å². The molecule has 0 spiro atoms. The number of rotatable bonds is 6. The van der Waals surface area contributed by atoms with Gasteiger partial charge in [0.1, 0.15) is 6.61 Å². The van der Waals surface area contributed by atoms with E-state index in [1.165, 1.54) is 14.0 Å². The lowest BCUT2D eigenvalue weighted by atomic mass is 10.1. The molecule has 0 aliphatic heterocycles. The number of carboxylic acids is 1. The Kier molecular flexibility index (Phi) is 4.75. The van der Waals surface area contributed by atoms with Crippen LogP contribution < -0.4 is 5.30 Å². The van der Waals surface area contributed by atoms with Gasteiger partial charge in [-0.05, 0) is 23.6 Å². The lowest BCUT2D eigenvalue weighted by Gasteiger charge is -2.19. The molecule has 2 unspecified atom stereocenters. The number of carbonyl (C=O) groups is 1. The highest BCUT2D eigenvalue weighted by molar-refractivity contribution is 7.48. The minimum Gasteiger partial charge on any atom is -0.479 e. The zero-order valence-electron chi connectivity index (χ0n) is 9.62. The van der Waals surface area contributed by atoms with E-state index in [0.29, 0.717) is 5.30 Å². The summed E-state index contributed by atoms with van der Waals surface area (Å²) in [4.78, 5) is 10.9. The molecule has 0 aromatic heterocycles. The second-order valence-electron chi connectivity index (χ2n) is 3.61. The van der Waals surface area contributed by atoms with Crippen LogP contribution in [0.1, 0.15) is 6.92 Å². The first-order valence-electron chi connectivity index (χ1n) is 4.93. The van der Waals surface area contributed by atoms with Crippen LogP contribution in [-0.4, -0.2) is 30.4 Å². The third kappa shape index (κ3) is 3.60. The largest absolute Gasteiger partial charge is 0.548 e. The molecular formula is C11H14O5P+. The Labute approximate surface area is 100 Å². The average molecular weight is 257 g/mol. The Morgan fingerprint density at radius 2 is 2.00 bits per heavy atom. The molecule has 0 saturated heterocycles. The molecule has 17 heavy (non-hydrogen) atoms. The molecule has 0 saturated carbocycles. The van der Waals surface area contributed by atoms with Crippen molar-refractivity contribution in [1.82, 2.24) is 0 Å². The van der Waals surface area contributed by atoms with Crippen molar-refractivity contribution in [1.29, 1.82) is 0 Å². The highest BCUT2D eigenvalue weighted by Crippen LogP contribution is 2.24. The molecule has 0 aliphatic rings. The smallest absolute Gasteiger partial charge is 0.479 e. The quantitative estimate of drug-likeness (QED) is 0.783. The van der Waals surface area contributed by atoms with Gasteiger partial charge in [-0.25, -0.2) is 4.79 Å². The van der Waals surface area contributed by atoms with Gasteiger partial charge in [0.05, 0.1) is 0 Å². The molecule has 2 atom stereocenters. The molecule has 1 N–H and O–H groups in total. The van der Waals surface area contributed by atoms with Gasteiger partial charge in [-0.1, -0.05) is 18.2 Å². The van der Waals surface area contributed by atoms with Crippen LogP contribution in [0.5, 0.6) is 0 Å². The van der Waals surface area contributed by atoms with E-state index in [4.69, 9.17) is 14.4 Å². The fraction of sp³-hybridized carbons (Fsp3) is 0.364. The van der Waals surface area contributed by atoms with Gasteiger partial charge in [0.15, 0.2) is 5.60 Å². The second kappa shape index (κ2) is 5.87. The van der Waals surface area contributed by atoms with Crippen molar-refractivity contribution in [2.24, 2.45) is 0 Å². The number of hydrogen-bond acceptors (Lipinski definition) is 4. The molecule has 0 radical (unpaired) electrons. The van der Waals surface area contributed by atoms with Gasteiger partial charge in [0.25, 0.3) is 0 Å². The van der Waals surface area contributed by atoms with Gasteiger partial charge in [0.2, 0.25) is 5.30 Å². The van der Waals surface area contributed by atoms with Crippen LogP contribution in [0, 0.1) is 0 Å². The molecule has 5 nitrogen and oxygen atoms in total. The van der Waals surface area contributed by atoms with Gasteiger partial charge in [-0.2, -0.15) is 0 Å². The summed E-state index contributed by atoms with van der Waals surface area (Å²) in [6.07, 6.45) is 0. The van der Waals surface area contributed by atoms with Crippen molar-refractivity contribution in [2.45, 2.75) is 12.5 Å². The Balaban J connectivity index is 2.63. The Bertz CT molecular complexity index is 406. The first-order chi connectivity index (χ1) is 7.99. The maximum absolute atomic E-state index is 11.7. The molecule has 1 aromatic rings. The molecule has 0 aliphatic carbocycles. The summed E-state index contributed by atoms with van der Waals surface area (Å²) in [5.74, 6) is -1.16. The Morgan fingerprint density at radius 3 is 2.47 bits per heavy atom. The third-order valence-electron chi connectivity index (χ3n) is 2.33. The zero-order valence-corrected chi connectivity index (χ0v) is 10.5. The summed E-state index contributed by atoms with van der Waals surface area (Å²) >= 11 is 0. The standard InChI is InChI=1S/C11H13O5P/c1-11(15-2,10(12)13)8-16-17(14)9-6-4-3-5-7-9/h3-7H,8H2,1-2H3/p+1. The Morgan fingerprint density at radius 1 is 1.41 bits per heavy atom. The average Bonchev–Trinajstić information content (AvgIpc) is 2.36. The highest BCUT2D eigenvalue weighted by Gasteiger charge is 2.38. The molecule has 6 heteroatoms. The number of hydrogen-bond donors (Lipinski definition) is 1. The van der Waals surface area contributed by atoms with Crippen LogP contribution in [-0.2, 0) is 18.6 Å². The van der Waals surface area contributed by atoms with Crippen LogP contribution in [0.25, 0.3) is 0 Å². The lowest BCUT2D eigenvalue weighted by Crippen LogP contribution is -2.41. The number of ether oxygens (including phenoxy) is 1. The predicted molar refractivity (Wildman–Crippen MR) is 62.7 cm³/mol. The fourth-order valence-corrected chi connectivity index (χ4v) is 1.94. The van der Waals surface area contributed by atoms with E-state index in [0.717, 1.165) is 0 Å². The van der Waals surface area contributed by atoms with E-state index in [2.05, 4.69) is 0 Å². The van der Waals surface area contributed by atoms with E-state index in [-0.39, 0.29) is 6.61 Å². The number of carboxylic acid groups (broad SMARTS) is 1. The molecule has 0 bridgehead atoms. The van der Waals surface area contributed by atoms with E-state index >= 15 is 0 Å². The summed E-state index contributed by atoms with van der Waals surface area (Å²) < 4.78 is 21.6. The first kappa shape index (κ1) is 13.8. The van der Waals surface area contributed by atoms with E-state index in [1.54, 1.807) is 30.3 Å². The Hall–Kier alpha value is -1.29. The predicted octanol–water partition coefficient (Wildman–Crippen LogP) is 1.56. The first-order valence-corrected chi connectivity index (χ1v) is 6.11. The monoisotopic (exact) mass is 257 g/mol. The molecular weight excluding hydrogens is 243 g/mol. The second-order valence-corrected chi connectivity index (χ2v) is 4.90. The van der Waals surface area contributed by atoms with Gasteiger partial charge < -0.3 is 9.84 Å². The third-order valence-corrected chi connectivity index (χ3v) is 3.41. The zero-order chi connectivity index (χ0) is 12.9. The van der Waals surface area contributed by atoms with E-state index in [1.807, 2.05) is 0 Å². The topological polar surface area (TPSA) is 72.8 Å². The molecule has 1 aromatic carbocycles. The maximum atomic E-state index is 11.7. The minimum atomic E-state index is -2.06. The van der Waals surface area contributed by atoms with Crippen molar-refractivity contribution in [3.05, 3.63) is 30.3 Å². The van der Waals surface area contributed by atoms with E-state index < -0.39 is 19.6 Å². The van der Waals surface area contributed by atoms with Crippen LogP contribution in [0.4, 0.5) is 0 Å². The highest BCUT2D eigenvalue weighted by atomic mass is 31.1. The van der Waals surface area contributed by atoms with Gasteiger partial charge in [0, 0.05) is 7.11 Å². The summed E-state index contributed by atoms with van der Waals surface area (Å²) in [5.41, 5.74) is -1.49. The maximum Gasteiger partial charge on any atom is 0.548 e. The molecule has 0 fully saturated rings. The van der Waals surface area contributed by atoms with Crippen molar-refractivity contribution in [3.63, 3.8) is 0 Å². The molecule has 0 amide bonds. The van der Waals surface area contributed by atoms with Crippen LogP contribution in [0.2, 0.25) is 0 Å². The number of methoxy groups -OCH3 is 1. The minimum absolute atomic E-state index is 0.275. The lowest BCUT2D eigenvalue weighted by molar-refractivity contribution is -0.163. The normalized spacial score (nSPS) is 15.1. The molecule has 0 heterocycles. The van der Waals surface area contributed by atoms with Gasteiger partial charge >= 0.3 is 14.0 Å².